The molecule has 0 saturated carbocycles. The molecule has 17 heavy (non-hydrogen) atoms. The van der Waals surface area contributed by atoms with E-state index in [1.807, 2.05) is 6.92 Å². The number of aliphatic hydroxyl groups excluding tert-OH is 1. The number of hydrogen-bond donors (Lipinski definition) is 3. The van der Waals surface area contributed by atoms with Crippen molar-refractivity contribution in [2.24, 2.45) is 0 Å². The summed E-state index contributed by atoms with van der Waals surface area (Å²) in [7, 11) is 1.58. The molecular weight excluding hydrogens is 220 g/mol. The Morgan fingerprint density at radius 1 is 1.35 bits per heavy atom. The molecule has 0 aliphatic rings. The van der Waals surface area contributed by atoms with Gasteiger partial charge in [-0.05, 0) is 20.3 Å². The van der Waals surface area contributed by atoms with Crippen LogP contribution in [0.15, 0.2) is 6.33 Å². The summed E-state index contributed by atoms with van der Waals surface area (Å²) in [5.74, 6) is 1.91. The van der Waals surface area contributed by atoms with E-state index in [1.165, 1.54) is 6.33 Å². The molecule has 3 N–H and O–H groups in total. The Bertz CT molecular complexity index is 344. The van der Waals surface area contributed by atoms with Crippen LogP contribution in [-0.4, -0.2) is 41.4 Å². The standard InChI is InChI=1S/C11H20N4O2/c1-4-12-10-9(17-3)11(15-7-14-10)13-6-5-8(2)16/h7-8,16H,4-6H2,1-3H3,(H2,12,13,14,15). The smallest absolute Gasteiger partial charge is 0.204 e. The second-order valence-electron chi connectivity index (χ2n) is 3.70. The molecule has 1 heterocycles. The molecular formula is C11H20N4O2. The van der Waals surface area contributed by atoms with E-state index >= 15 is 0 Å². The zero-order chi connectivity index (χ0) is 12.7. The monoisotopic (exact) mass is 240 g/mol. The first-order valence-electron chi connectivity index (χ1n) is 5.73. The third-order valence-electron chi connectivity index (χ3n) is 2.21. The summed E-state index contributed by atoms with van der Waals surface area (Å²) in [5, 5.41) is 15.4. The summed E-state index contributed by atoms with van der Waals surface area (Å²) >= 11 is 0. The number of rotatable bonds is 7. The first-order valence-corrected chi connectivity index (χ1v) is 5.73. The predicted molar refractivity (Wildman–Crippen MR) is 67.5 cm³/mol. The molecule has 1 unspecified atom stereocenters. The molecule has 1 atom stereocenters. The van der Waals surface area contributed by atoms with Crippen LogP contribution in [0.4, 0.5) is 11.6 Å². The van der Waals surface area contributed by atoms with Gasteiger partial charge in [0, 0.05) is 13.1 Å². The van der Waals surface area contributed by atoms with E-state index < -0.39 is 0 Å². The van der Waals surface area contributed by atoms with Crippen LogP contribution in [0.3, 0.4) is 0 Å². The Kier molecular flexibility index (Phi) is 5.48. The van der Waals surface area contributed by atoms with Gasteiger partial charge in [0.05, 0.1) is 13.2 Å². The van der Waals surface area contributed by atoms with Crippen LogP contribution < -0.4 is 15.4 Å². The van der Waals surface area contributed by atoms with E-state index in [1.54, 1.807) is 14.0 Å². The summed E-state index contributed by atoms with van der Waals surface area (Å²) in [4.78, 5) is 8.23. The lowest BCUT2D eigenvalue weighted by Gasteiger charge is -2.13. The molecule has 0 saturated heterocycles. The van der Waals surface area contributed by atoms with Gasteiger partial charge in [-0.15, -0.1) is 0 Å². The molecule has 0 spiro atoms. The summed E-state index contributed by atoms with van der Waals surface area (Å²) in [6, 6.07) is 0. The molecule has 0 aliphatic heterocycles. The van der Waals surface area contributed by atoms with E-state index in [4.69, 9.17) is 4.74 Å². The Labute approximate surface area is 101 Å². The number of methoxy groups -OCH3 is 1. The Morgan fingerprint density at radius 2 is 2.00 bits per heavy atom. The fraction of sp³-hybridized carbons (Fsp3) is 0.636. The predicted octanol–water partition coefficient (Wildman–Crippen LogP) is 1.10. The van der Waals surface area contributed by atoms with Gasteiger partial charge in [-0.25, -0.2) is 9.97 Å². The molecule has 1 rings (SSSR count). The number of hydrogen-bond acceptors (Lipinski definition) is 6. The van der Waals surface area contributed by atoms with E-state index in [-0.39, 0.29) is 6.10 Å². The normalized spacial score (nSPS) is 12.0. The van der Waals surface area contributed by atoms with Crippen LogP contribution in [0.2, 0.25) is 0 Å². The Hall–Kier alpha value is -1.56. The number of nitrogens with zero attached hydrogens (tertiary/aromatic N) is 2. The number of aliphatic hydroxyl groups is 1. The second kappa shape index (κ2) is 6.90. The lowest BCUT2D eigenvalue weighted by molar-refractivity contribution is 0.188. The van der Waals surface area contributed by atoms with Crippen molar-refractivity contribution in [1.82, 2.24) is 9.97 Å². The van der Waals surface area contributed by atoms with Crippen molar-refractivity contribution in [2.75, 3.05) is 30.8 Å². The zero-order valence-corrected chi connectivity index (χ0v) is 10.5. The van der Waals surface area contributed by atoms with Crippen LogP contribution in [-0.2, 0) is 0 Å². The van der Waals surface area contributed by atoms with E-state index in [0.717, 1.165) is 6.54 Å². The fourth-order valence-corrected chi connectivity index (χ4v) is 1.39. The highest BCUT2D eigenvalue weighted by atomic mass is 16.5. The van der Waals surface area contributed by atoms with Gasteiger partial charge in [-0.2, -0.15) is 0 Å². The maximum Gasteiger partial charge on any atom is 0.204 e. The molecule has 0 fully saturated rings. The lowest BCUT2D eigenvalue weighted by atomic mass is 10.3. The van der Waals surface area contributed by atoms with Crippen LogP contribution in [0.1, 0.15) is 20.3 Å². The van der Waals surface area contributed by atoms with Crippen molar-refractivity contribution in [3.8, 4) is 5.75 Å². The zero-order valence-electron chi connectivity index (χ0n) is 10.5. The van der Waals surface area contributed by atoms with Crippen molar-refractivity contribution in [3.63, 3.8) is 0 Å². The van der Waals surface area contributed by atoms with Crippen LogP contribution in [0.5, 0.6) is 5.75 Å². The largest absolute Gasteiger partial charge is 0.490 e. The van der Waals surface area contributed by atoms with Gasteiger partial charge < -0.3 is 20.5 Å². The molecule has 1 aromatic heterocycles. The number of anilines is 2. The van der Waals surface area contributed by atoms with Gasteiger partial charge in [0.15, 0.2) is 11.6 Å². The van der Waals surface area contributed by atoms with E-state index in [0.29, 0.717) is 30.4 Å². The third-order valence-corrected chi connectivity index (χ3v) is 2.21. The average Bonchev–Trinajstić information content (AvgIpc) is 2.29. The Balaban J connectivity index is 2.73. The number of nitrogens with one attached hydrogen (secondary N) is 2. The molecule has 0 aromatic carbocycles. The number of ether oxygens (including phenoxy) is 1. The van der Waals surface area contributed by atoms with E-state index in [2.05, 4.69) is 20.6 Å². The second-order valence-corrected chi connectivity index (χ2v) is 3.70. The lowest BCUT2D eigenvalue weighted by Crippen LogP contribution is -2.12. The first kappa shape index (κ1) is 13.5. The summed E-state index contributed by atoms with van der Waals surface area (Å²) in [6.07, 6.45) is 1.80. The summed E-state index contributed by atoms with van der Waals surface area (Å²) < 4.78 is 5.27. The maximum absolute atomic E-state index is 9.18. The average molecular weight is 240 g/mol. The first-order chi connectivity index (χ1) is 8.19. The van der Waals surface area contributed by atoms with Gasteiger partial charge in [-0.3, -0.25) is 0 Å². The highest BCUT2D eigenvalue weighted by Gasteiger charge is 2.10. The molecule has 6 heteroatoms. The molecule has 0 amide bonds. The minimum Gasteiger partial charge on any atom is -0.490 e. The molecule has 0 aliphatic carbocycles. The van der Waals surface area contributed by atoms with Crippen molar-refractivity contribution >= 4 is 11.6 Å². The quantitative estimate of drug-likeness (QED) is 0.662. The van der Waals surface area contributed by atoms with Crippen molar-refractivity contribution in [3.05, 3.63) is 6.33 Å². The minimum absolute atomic E-state index is 0.330. The number of aromatic nitrogens is 2. The van der Waals surface area contributed by atoms with Crippen LogP contribution in [0, 0.1) is 0 Å². The fourth-order valence-electron chi connectivity index (χ4n) is 1.39. The highest BCUT2D eigenvalue weighted by Crippen LogP contribution is 2.28. The minimum atomic E-state index is -0.330. The van der Waals surface area contributed by atoms with Gasteiger partial charge in [0.1, 0.15) is 6.33 Å². The summed E-state index contributed by atoms with van der Waals surface area (Å²) in [6.45, 7) is 5.14. The molecule has 1 aromatic rings. The summed E-state index contributed by atoms with van der Waals surface area (Å²) in [5.41, 5.74) is 0. The van der Waals surface area contributed by atoms with Crippen molar-refractivity contribution in [2.45, 2.75) is 26.4 Å². The topological polar surface area (TPSA) is 79.3 Å². The Morgan fingerprint density at radius 3 is 2.53 bits per heavy atom. The molecule has 96 valence electrons. The van der Waals surface area contributed by atoms with Crippen LogP contribution >= 0.6 is 0 Å². The third kappa shape index (κ3) is 4.07. The maximum atomic E-state index is 9.18. The molecule has 0 bridgehead atoms. The van der Waals surface area contributed by atoms with Crippen LogP contribution in [0.25, 0.3) is 0 Å². The van der Waals surface area contributed by atoms with Crippen molar-refractivity contribution in [1.29, 1.82) is 0 Å². The van der Waals surface area contributed by atoms with Gasteiger partial charge in [0.2, 0.25) is 5.75 Å². The molecule has 0 radical (unpaired) electrons. The SMILES string of the molecule is CCNc1ncnc(NCCC(C)O)c1OC. The van der Waals surface area contributed by atoms with Gasteiger partial charge >= 0.3 is 0 Å². The van der Waals surface area contributed by atoms with Gasteiger partial charge in [0.25, 0.3) is 0 Å². The molecule has 6 nitrogen and oxygen atoms in total. The van der Waals surface area contributed by atoms with E-state index in [9.17, 15) is 5.11 Å². The van der Waals surface area contributed by atoms with Gasteiger partial charge in [-0.1, -0.05) is 0 Å². The highest BCUT2D eigenvalue weighted by molar-refractivity contribution is 5.63. The van der Waals surface area contributed by atoms with Crippen molar-refractivity contribution < 1.29 is 9.84 Å².